The number of rotatable bonds is 2. The summed E-state index contributed by atoms with van der Waals surface area (Å²) in [5.41, 5.74) is 1.49. The maximum atomic E-state index is 12.7. The van der Waals surface area contributed by atoms with Crippen molar-refractivity contribution >= 4 is 33.1 Å². The Morgan fingerprint density at radius 1 is 0.652 bits per heavy atom. The molecule has 2 nitrogen and oxygen atoms in total. The zero-order valence-corrected chi connectivity index (χ0v) is 12.5. The van der Waals surface area contributed by atoms with Crippen LogP contribution in [-0.2, 0) is 0 Å². The maximum Gasteiger partial charge on any atom is 0.256 e. The van der Waals surface area contributed by atoms with Gasteiger partial charge in [0.15, 0.2) is 0 Å². The van der Waals surface area contributed by atoms with Crippen LogP contribution >= 0.6 is 0 Å². The van der Waals surface area contributed by atoms with E-state index in [1.165, 1.54) is 5.39 Å². The van der Waals surface area contributed by atoms with Crippen molar-refractivity contribution in [1.29, 1.82) is 0 Å². The minimum absolute atomic E-state index is 0.0860. The summed E-state index contributed by atoms with van der Waals surface area (Å²) in [7, 11) is 0. The number of hydrogen-bond donors (Lipinski definition) is 1. The van der Waals surface area contributed by atoms with E-state index in [4.69, 9.17) is 0 Å². The lowest BCUT2D eigenvalue weighted by atomic mass is 9.99. The van der Waals surface area contributed by atoms with Gasteiger partial charge in [-0.25, -0.2) is 0 Å². The van der Waals surface area contributed by atoms with E-state index < -0.39 is 0 Å². The average Bonchev–Trinajstić information content (AvgIpc) is 2.60. The van der Waals surface area contributed by atoms with E-state index in [1.807, 2.05) is 60.7 Å². The number of para-hydroxylation sites is 1. The highest BCUT2D eigenvalue weighted by Crippen LogP contribution is 2.26. The van der Waals surface area contributed by atoms with Gasteiger partial charge in [0.25, 0.3) is 5.91 Å². The van der Waals surface area contributed by atoms with Crippen molar-refractivity contribution in [3.63, 3.8) is 0 Å². The fourth-order valence-electron chi connectivity index (χ4n) is 2.88. The molecule has 4 rings (SSSR count). The summed E-state index contributed by atoms with van der Waals surface area (Å²) in [6.45, 7) is 0. The number of carbonyl (C=O) groups is 1. The minimum atomic E-state index is -0.0860. The van der Waals surface area contributed by atoms with E-state index in [9.17, 15) is 4.79 Å². The predicted octanol–water partition coefficient (Wildman–Crippen LogP) is 5.25. The number of benzene rings is 4. The lowest BCUT2D eigenvalue weighted by Gasteiger charge is -2.09. The first-order valence-electron chi connectivity index (χ1n) is 7.59. The molecule has 110 valence electrons. The van der Waals surface area contributed by atoms with Crippen LogP contribution in [0.25, 0.3) is 21.5 Å². The first-order valence-corrected chi connectivity index (χ1v) is 7.59. The second kappa shape index (κ2) is 5.58. The molecule has 0 radical (unpaired) electrons. The lowest BCUT2D eigenvalue weighted by Crippen LogP contribution is -2.12. The molecular weight excluding hydrogens is 282 g/mol. The fraction of sp³-hybridized carbons (Fsp3) is 0. The first kappa shape index (κ1) is 13.5. The Morgan fingerprint density at radius 2 is 1.30 bits per heavy atom. The third-order valence-electron chi connectivity index (χ3n) is 4.02. The van der Waals surface area contributed by atoms with Crippen LogP contribution in [0, 0.1) is 0 Å². The Morgan fingerprint density at radius 3 is 2.09 bits per heavy atom. The van der Waals surface area contributed by atoms with Gasteiger partial charge in [-0.05, 0) is 51.9 Å². The van der Waals surface area contributed by atoms with Gasteiger partial charge in [-0.15, -0.1) is 0 Å². The number of hydrogen-bond acceptors (Lipinski definition) is 1. The molecule has 1 N–H and O–H groups in total. The van der Waals surface area contributed by atoms with E-state index in [2.05, 4.69) is 29.6 Å². The topological polar surface area (TPSA) is 29.1 Å². The van der Waals surface area contributed by atoms with Crippen LogP contribution in [0.4, 0.5) is 5.69 Å². The number of anilines is 1. The van der Waals surface area contributed by atoms with E-state index in [0.29, 0.717) is 5.56 Å². The average molecular weight is 297 g/mol. The smallest absolute Gasteiger partial charge is 0.256 e. The lowest BCUT2D eigenvalue weighted by molar-refractivity contribution is 0.102. The number of fused-ring (bicyclic) bond motifs is 2. The summed E-state index contributed by atoms with van der Waals surface area (Å²) in [5.74, 6) is -0.0860. The van der Waals surface area contributed by atoms with Crippen LogP contribution in [0.2, 0.25) is 0 Å². The van der Waals surface area contributed by atoms with Crippen molar-refractivity contribution in [2.45, 2.75) is 0 Å². The third kappa shape index (κ3) is 2.55. The molecule has 0 aliphatic rings. The third-order valence-corrected chi connectivity index (χ3v) is 4.02. The van der Waals surface area contributed by atoms with Gasteiger partial charge in [0.2, 0.25) is 0 Å². The predicted molar refractivity (Wildman–Crippen MR) is 95.8 cm³/mol. The van der Waals surface area contributed by atoms with Gasteiger partial charge in [0.05, 0.1) is 0 Å². The minimum Gasteiger partial charge on any atom is -0.322 e. The molecule has 0 saturated heterocycles. The monoisotopic (exact) mass is 297 g/mol. The molecule has 0 bridgehead atoms. The first-order chi connectivity index (χ1) is 11.3. The standard InChI is InChI=1S/C21H15NO/c23-21(22-18-10-2-1-3-11-18)19-12-6-9-17-13-15-7-4-5-8-16(15)14-20(17)19/h1-14H,(H,22,23). The van der Waals surface area contributed by atoms with Crippen LogP contribution in [0.3, 0.4) is 0 Å². The van der Waals surface area contributed by atoms with Crippen molar-refractivity contribution < 1.29 is 4.79 Å². The van der Waals surface area contributed by atoms with Crippen molar-refractivity contribution in [2.75, 3.05) is 5.32 Å². The van der Waals surface area contributed by atoms with Gasteiger partial charge < -0.3 is 5.32 Å². The summed E-state index contributed by atoms with van der Waals surface area (Å²) in [5, 5.41) is 7.32. The number of amides is 1. The normalized spacial score (nSPS) is 10.8. The van der Waals surface area contributed by atoms with E-state index in [-0.39, 0.29) is 5.91 Å². The summed E-state index contributed by atoms with van der Waals surface area (Å²) in [4.78, 5) is 12.7. The van der Waals surface area contributed by atoms with Gasteiger partial charge in [-0.2, -0.15) is 0 Å². The molecule has 1 amide bonds. The molecule has 23 heavy (non-hydrogen) atoms. The Labute approximate surface area is 134 Å². The van der Waals surface area contributed by atoms with Crippen molar-refractivity contribution in [3.05, 3.63) is 90.5 Å². The van der Waals surface area contributed by atoms with Crippen molar-refractivity contribution in [2.24, 2.45) is 0 Å². The largest absolute Gasteiger partial charge is 0.322 e. The van der Waals surface area contributed by atoms with E-state index in [0.717, 1.165) is 21.8 Å². The molecule has 0 saturated carbocycles. The molecule has 0 spiro atoms. The number of nitrogens with one attached hydrogen (secondary N) is 1. The fourth-order valence-corrected chi connectivity index (χ4v) is 2.88. The SMILES string of the molecule is O=C(Nc1ccccc1)c1cccc2cc3ccccc3cc12. The van der Waals surface area contributed by atoms with Crippen molar-refractivity contribution in [1.82, 2.24) is 0 Å². The Bertz CT molecular complexity index is 1010. The highest BCUT2D eigenvalue weighted by atomic mass is 16.1. The molecule has 0 atom stereocenters. The Kier molecular flexibility index (Phi) is 3.28. The second-order valence-corrected chi connectivity index (χ2v) is 5.55. The summed E-state index contributed by atoms with van der Waals surface area (Å²) >= 11 is 0. The molecule has 2 heteroatoms. The molecule has 0 aliphatic heterocycles. The molecule has 0 aromatic heterocycles. The van der Waals surface area contributed by atoms with E-state index in [1.54, 1.807) is 0 Å². The van der Waals surface area contributed by atoms with Crippen LogP contribution in [0.5, 0.6) is 0 Å². The summed E-state index contributed by atoms with van der Waals surface area (Å²) in [6.07, 6.45) is 0. The number of carbonyl (C=O) groups excluding carboxylic acids is 1. The van der Waals surface area contributed by atoms with Crippen molar-refractivity contribution in [3.8, 4) is 0 Å². The zero-order valence-electron chi connectivity index (χ0n) is 12.5. The quantitative estimate of drug-likeness (QED) is 0.503. The molecule has 0 fully saturated rings. The molecular formula is C21H15NO. The van der Waals surface area contributed by atoms with Gasteiger partial charge in [0, 0.05) is 11.3 Å². The molecule has 0 unspecified atom stereocenters. The molecule has 4 aromatic rings. The van der Waals surface area contributed by atoms with Gasteiger partial charge in [-0.3, -0.25) is 4.79 Å². The van der Waals surface area contributed by atoms with Gasteiger partial charge in [-0.1, -0.05) is 54.6 Å². The highest BCUT2D eigenvalue weighted by Gasteiger charge is 2.10. The van der Waals surface area contributed by atoms with Crippen LogP contribution in [0.1, 0.15) is 10.4 Å². The molecule has 0 aliphatic carbocycles. The summed E-state index contributed by atoms with van der Waals surface area (Å²) in [6, 6.07) is 27.8. The van der Waals surface area contributed by atoms with Gasteiger partial charge >= 0.3 is 0 Å². The van der Waals surface area contributed by atoms with Crippen LogP contribution < -0.4 is 5.32 Å². The second-order valence-electron chi connectivity index (χ2n) is 5.55. The zero-order chi connectivity index (χ0) is 15.6. The van der Waals surface area contributed by atoms with E-state index >= 15 is 0 Å². The summed E-state index contributed by atoms with van der Waals surface area (Å²) < 4.78 is 0. The maximum absolute atomic E-state index is 12.7. The molecule has 0 heterocycles. The highest BCUT2D eigenvalue weighted by molar-refractivity contribution is 6.15. The Balaban J connectivity index is 1.83. The van der Waals surface area contributed by atoms with Gasteiger partial charge in [0.1, 0.15) is 0 Å². The molecule has 4 aromatic carbocycles. The Hall–Kier alpha value is -3.13. The van der Waals surface area contributed by atoms with Crippen LogP contribution in [0.15, 0.2) is 84.9 Å². The van der Waals surface area contributed by atoms with Crippen LogP contribution in [-0.4, -0.2) is 5.91 Å².